The van der Waals surface area contributed by atoms with Crippen LogP contribution in [-0.4, -0.2) is 0 Å². The van der Waals surface area contributed by atoms with E-state index >= 15 is 0 Å². The molecule has 0 saturated heterocycles. The van der Waals surface area contributed by atoms with Crippen molar-refractivity contribution in [2.45, 2.75) is 6.54 Å². The number of nitrogens with zero attached hydrogens (tertiary/aromatic N) is 1. The normalized spacial score (nSPS) is 10.1. The lowest BCUT2D eigenvalue weighted by Gasteiger charge is -2.08. The molecule has 18 heavy (non-hydrogen) atoms. The maximum absolute atomic E-state index is 13.4. The Hall–Kier alpha value is -2.25. The fraction of sp³-hybridized carbons (Fsp3) is 0.0714. The molecule has 0 aromatic heterocycles. The van der Waals surface area contributed by atoms with Crippen molar-refractivity contribution in [1.29, 1.82) is 5.26 Å². The first kappa shape index (κ1) is 12.2. The van der Waals surface area contributed by atoms with Gasteiger partial charge in [-0.25, -0.2) is 8.78 Å². The second-order valence-electron chi connectivity index (χ2n) is 3.85. The summed E-state index contributed by atoms with van der Waals surface area (Å²) in [4.78, 5) is 0. The molecule has 0 heterocycles. The van der Waals surface area contributed by atoms with Gasteiger partial charge in [0.25, 0.3) is 0 Å². The molecule has 2 aromatic carbocycles. The van der Waals surface area contributed by atoms with Gasteiger partial charge in [0.2, 0.25) is 0 Å². The number of nitriles is 1. The van der Waals surface area contributed by atoms with Crippen LogP contribution in [0.15, 0.2) is 36.4 Å². The molecule has 4 heteroatoms. The van der Waals surface area contributed by atoms with E-state index < -0.39 is 11.6 Å². The zero-order chi connectivity index (χ0) is 13.1. The van der Waals surface area contributed by atoms with Crippen LogP contribution in [0.4, 0.5) is 8.78 Å². The monoisotopic (exact) mass is 244 g/mol. The van der Waals surface area contributed by atoms with Crippen LogP contribution >= 0.6 is 0 Å². The van der Waals surface area contributed by atoms with E-state index in [1.54, 1.807) is 6.07 Å². The van der Waals surface area contributed by atoms with Crippen LogP contribution in [-0.2, 0) is 6.54 Å². The molecule has 2 N–H and O–H groups in total. The Bertz CT molecular complexity index is 630. The van der Waals surface area contributed by atoms with Crippen LogP contribution in [0.2, 0.25) is 0 Å². The van der Waals surface area contributed by atoms with Crippen LogP contribution in [0, 0.1) is 23.0 Å². The van der Waals surface area contributed by atoms with Crippen molar-refractivity contribution in [3.63, 3.8) is 0 Å². The molecule has 0 fully saturated rings. The summed E-state index contributed by atoms with van der Waals surface area (Å²) in [5, 5.41) is 8.80. The van der Waals surface area contributed by atoms with Gasteiger partial charge in [0.05, 0.1) is 11.6 Å². The molecule has 2 nitrogen and oxygen atoms in total. The van der Waals surface area contributed by atoms with Gasteiger partial charge < -0.3 is 5.73 Å². The molecule has 0 atom stereocenters. The summed E-state index contributed by atoms with van der Waals surface area (Å²) in [5.74, 6) is -0.896. The molecule has 0 bridgehead atoms. The lowest BCUT2D eigenvalue weighted by atomic mass is 9.98. The van der Waals surface area contributed by atoms with Gasteiger partial charge in [-0.05, 0) is 47.0 Å². The van der Waals surface area contributed by atoms with Gasteiger partial charge in [-0.2, -0.15) is 5.26 Å². The Balaban J connectivity index is 2.62. The first-order valence-electron chi connectivity index (χ1n) is 5.33. The van der Waals surface area contributed by atoms with Gasteiger partial charge >= 0.3 is 0 Å². The van der Waals surface area contributed by atoms with Crippen molar-refractivity contribution in [2.75, 3.05) is 0 Å². The smallest absolute Gasteiger partial charge is 0.125 e. The molecule has 2 aromatic rings. The SMILES string of the molecule is N#Cc1cc(F)cc(-c2ccc(F)cc2CN)c1. The van der Waals surface area contributed by atoms with E-state index in [1.807, 2.05) is 6.07 Å². The zero-order valence-corrected chi connectivity index (χ0v) is 9.45. The third-order valence-corrected chi connectivity index (χ3v) is 2.63. The minimum absolute atomic E-state index is 0.144. The standard InChI is InChI=1S/C14H10F2N2/c15-12-1-2-14(11(6-12)8-18)10-3-9(7-17)4-13(16)5-10/h1-6H,8,18H2. The molecule has 0 spiro atoms. The molecule has 0 aliphatic heterocycles. The summed E-state index contributed by atoms with van der Waals surface area (Å²) in [6, 6.07) is 10.0. The van der Waals surface area contributed by atoms with Gasteiger partial charge in [-0.15, -0.1) is 0 Å². The Kier molecular flexibility index (Phi) is 3.35. The molecule has 0 amide bonds. The highest BCUT2D eigenvalue weighted by atomic mass is 19.1. The summed E-state index contributed by atoms with van der Waals surface area (Å²) < 4.78 is 26.5. The van der Waals surface area contributed by atoms with Crippen LogP contribution in [0.5, 0.6) is 0 Å². The van der Waals surface area contributed by atoms with E-state index in [9.17, 15) is 8.78 Å². The highest BCUT2D eigenvalue weighted by molar-refractivity contribution is 5.69. The van der Waals surface area contributed by atoms with Crippen molar-refractivity contribution in [1.82, 2.24) is 0 Å². The second kappa shape index (κ2) is 4.94. The summed E-state index contributed by atoms with van der Waals surface area (Å²) in [7, 11) is 0. The quantitative estimate of drug-likeness (QED) is 0.882. The van der Waals surface area contributed by atoms with Gasteiger partial charge in [-0.3, -0.25) is 0 Å². The fourth-order valence-electron chi connectivity index (χ4n) is 1.82. The lowest BCUT2D eigenvalue weighted by Crippen LogP contribution is -2.00. The minimum atomic E-state index is -0.503. The Morgan fingerprint density at radius 1 is 1.06 bits per heavy atom. The van der Waals surface area contributed by atoms with Crippen molar-refractivity contribution < 1.29 is 8.78 Å². The van der Waals surface area contributed by atoms with Crippen molar-refractivity contribution in [3.8, 4) is 17.2 Å². The molecule has 0 radical (unpaired) electrons. The first-order valence-corrected chi connectivity index (χ1v) is 5.33. The molecule has 0 saturated carbocycles. The Labute approximate surface area is 103 Å². The Morgan fingerprint density at radius 3 is 2.50 bits per heavy atom. The van der Waals surface area contributed by atoms with Gasteiger partial charge in [0.15, 0.2) is 0 Å². The second-order valence-corrected chi connectivity index (χ2v) is 3.85. The lowest BCUT2D eigenvalue weighted by molar-refractivity contribution is 0.625. The van der Waals surface area contributed by atoms with E-state index in [1.165, 1.54) is 24.3 Å². The van der Waals surface area contributed by atoms with Crippen LogP contribution in [0.1, 0.15) is 11.1 Å². The summed E-state index contributed by atoms with van der Waals surface area (Å²) in [5.41, 5.74) is 7.49. The van der Waals surface area contributed by atoms with Crippen molar-refractivity contribution in [2.24, 2.45) is 5.73 Å². The largest absolute Gasteiger partial charge is 0.326 e. The third kappa shape index (κ3) is 2.36. The molecule has 0 aliphatic carbocycles. The van der Waals surface area contributed by atoms with E-state index in [4.69, 9.17) is 11.0 Å². The zero-order valence-electron chi connectivity index (χ0n) is 9.45. The van der Waals surface area contributed by atoms with Crippen LogP contribution in [0.3, 0.4) is 0 Å². The molecule has 90 valence electrons. The number of hydrogen-bond acceptors (Lipinski definition) is 2. The van der Waals surface area contributed by atoms with Gasteiger partial charge in [-0.1, -0.05) is 6.07 Å². The number of nitrogens with two attached hydrogens (primary N) is 1. The molecular weight excluding hydrogens is 234 g/mol. The number of rotatable bonds is 2. The van der Waals surface area contributed by atoms with E-state index in [0.717, 1.165) is 6.07 Å². The maximum Gasteiger partial charge on any atom is 0.125 e. The fourth-order valence-corrected chi connectivity index (χ4v) is 1.82. The van der Waals surface area contributed by atoms with Crippen LogP contribution < -0.4 is 5.73 Å². The topological polar surface area (TPSA) is 49.8 Å². The predicted molar refractivity (Wildman–Crippen MR) is 64.4 cm³/mol. The van der Waals surface area contributed by atoms with E-state index in [2.05, 4.69) is 0 Å². The number of benzene rings is 2. The third-order valence-electron chi connectivity index (χ3n) is 2.63. The number of hydrogen-bond donors (Lipinski definition) is 1. The average molecular weight is 244 g/mol. The Morgan fingerprint density at radius 2 is 1.83 bits per heavy atom. The summed E-state index contributed by atoms with van der Waals surface area (Å²) in [6.07, 6.45) is 0. The van der Waals surface area contributed by atoms with Gasteiger partial charge in [0.1, 0.15) is 11.6 Å². The van der Waals surface area contributed by atoms with E-state index in [-0.39, 0.29) is 12.1 Å². The highest BCUT2D eigenvalue weighted by Gasteiger charge is 2.08. The van der Waals surface area contributed by atoms with Gasteiger partial charge in [0, 0.05) is 6.54 Å². The average Bonchev–Trinajstić information content (AvgIpc) is 2.37. The van der Waals surface area contributed by atoms with Crippen LogP contribution in [0.25, 0.3) is 11.1 Å². The molecule has 0 unspecified atom stereocenters. The predicted octanol–water partition coefficient (Wildman–Crippen LogP) is 2.96. The first-order chi connectivity index (χ1) is 8.63. The molecule has 0 aliphatic rings. The molecule has 2 rings (SSSR count). The van der Waals surface area contributed by atoms with Crippen molar-refractivity contribution >= 4 is 0 Å². The summed E-state index contributed by atoms with van der Waals surface area (Å²) in [6.45, 7) is 0.144. The molecular formula is C14H10F2N2. The highest BCUT2D eigenvalue weighted by Crippen LogP contribution is 2.26. The van der Waals surface area contributed by atoms with Crippen molar-refractivity contribution in [3.05, 3.63) is 59.2 Å². The van der Waals surface area contributed by atoms with E-state index in [0.29, 0.717) is 16.7 Å². The minimum Gasteiger partial charge on any atom is -0.326 e. The maximum atomic E-state index is 13.4. The summed E-state index contributed by atoms with van der Waals surface area (Å²) >= 11 is 0. The number of halogens is 2.